The van der Waals surface area contributed by atoms with Gasteiger partial charge in [-0.25, -0.2) is 27.2 Å². The van der Waals surface area contributed by atoms with Gasteiger partial charge in [-0.15, -0.1) is 0 Å². The summed E-state index contributed by atoms with van der Waals surface area (Å²) in [4.78, 5) is 208. The number of pyridine rings is 7. The molecule has 0 saturated heterocycles. The highest BCUT2D eigenvalue weighted by Crippen LogP contribution is 2.71. The summed E-state index contributed by atoms with van der Waals surface area (Å²) in [5.41, 5.74) is 4.10. The van der Waals surface area contributed by atoms with Crippen LogP contribution >= 0.6 is 121 Å². The molecule has 0 radical (unpaired) electrons. The lowest BCUT2D eigenvalue weighted by Crippen LogP contribution is -2.49. The molecule has 49 nitrogen and oxygen atoms in total. The number of aromatic nitrogens is 7. The zero-order valence-electron chi connectivity index (χ0n) is 72.5. The van der Waals surface area contributed by atoms with E-state index in [2.05, 4.69) is 15.9 Å². The Kier molecular flexibility index (Phi) is 47.1. The van der Waals surface area contributed by atoms with Crippen LogP contribution in [-0.2, 0) is 123 Å². The Labute approximate surface area is 783 Å². The minimum atomic E-state index is -5.54. The summed E-state index contributed by atoms with van der Waals surface area (Å²) in [5.74, 6) is -0.734. The minimum Gasteiger partial charge on any atom is -0.776 e. The summed E-state index contributed by atoms with van der Waals surface area (Å²) < 4.78 is 181. The molecule has 7 heterocycles. The standard InChI is InChI=1S/C14H17NO6P2.C12H21NO6P2.C10H17NO6P2.C9H15NO6P2.C8H12BrNO6P2.C8H12FNO6P2.C8H13NO6P2.CH4/c1-22(17,18)14(16,23(19,20)21)11-15-9-5-8-13(10-15)12-6-3-2-4-7-12;1-3-4-6-11-7-5-8-13(9-11)10-12(14,20(2,15)16)21(17,18)19;1-3-9-5-4-6-11(7-9)8-10(12,18(2,13)14)19(15,16)17;1-8-4-3-5-10(6-8)7-9(11,17(2,12)13)18(14,15)16;2*1-17(12,13)8(11,18(14,15)16)6-10-4-2-3-7(9)5-10;1-16(11,12)8(10,17(13,14)15)7-9-5-3-2-4-6-9;/h2-10,16H,11H2,1H3,(H2-,17,18,19,20,21);5,7-9,14H,3-4,6,10H2,1-2H3,(H2-,15,16,17,18,19);4-7,12H,3,8H2,1-2H3,(H2-,13,14,15,16,17);3-6,11H,7H2,1-2H3,(H2-,12,13,14,15,16);2*2-5,11H,6H2,1H3,(H2-,12,13,14,15,16);2-6,10H,7H2,1H3,(H2-,11,12,13,14,15);1H4. The Morgan fingerprint density at radius 3 is 0.822 bits per heavy atom. The molecule has 8 rings (SSSR count). The number of halogens is 2. The third-order valence-corrected chi connectivity index (χ3v) is 50.2. The van der Waals surface area contributed by atoms with Gasteiger partial charge >= 0.3 is 0 Å². The van der Waals surface area contributed by atoms with Crippen molar-refractivity contribution in [2.75, 3.05) is 46.7 Å². The third-order valence-electron chi connectivity index (χ3n) is 19.0. The molecule has 0 aliphatic carbocycles. The molecule has 1 aromatic carbocycles. The normalized spacial score (nSPS) is 20.9. The van der Waals surface area contributed by atoms with E-state index in [1.165, 1.54) is 114 Å². The highest BCUT2D eigenvalue weighted by Gasteiger charge is 2.60. The molecule has 8 aromatic rings. The van der Waals surface area contributed by atoms with Gasteiger partial charge in [-0.05, 0) is 84.1 Å². The Morgan fingerprint density at radius 2 is 0.533 bits per heavy atom. The van der Waals surface area contributed by atoms with Crippen molar-refractivity contribution in [1.29, 1.82) is 0 Å². The minimum absolute atomic E-state index is 0. The van der Waals surface area contributed by atoms with E-state index in [9.17, 15) is 177 Å². The highest BCUT2D eigenvalue weighted by molar-refractivity contribution is 9.10. The fourth-order valence-corrected chi connectivity index (χ4v) is 29.8. The molecule has 21 N–H and O–H groups in total. The van der Waals surface area contributed by atoms with Crippen LogP contribution in [0.25, 0.3) is 11.1 Å². The van der Waals surface area contributed by atoms with Crippen LogP contribution in [0.1, 0.15) is 50.8 Å². The number of rotatable bonds is 33. The van der Waals surface area contributed by atoms with E-state index in [-0.39, 0.29) is 7.43 Å². The van der Waals surface area contributed by atoms with Crippen LogP contribution in [0.5, 0.6) is 0 Å². The van der Waals surface area contributed by atoms with E-state index in [1.807, 2.05) is 50.2 Å². The van der Waals surface area contributed by atoms with Crippen molar-refractivity contribution in [2.45, 2.75) is 135 Å². The quantitative estimate of drug-likeness (QED) is 0.0171. The van der Waals surface area contributed by atoms with E-state index in [1.54, 1.807) is 79.9 Å². The van der Waals surface area contributed by atoms with E-state index in [4.69, 9.17) is 29.4 Å². The van der Waals surface area contributed by atoms with Gasteiger partial charge in [0.25, 0.3) is 35.6 Å². The lowest BCUT2D eigenvalue weighted by molar-refractivity contribution is -0.705. The predicted molar refractivity (Wildman–Crippen MR) is 473 cm³/mol. The molecular formula is C70H111BrFN7O42P14. The van der Waals surface area contributed by atoms with Crippen molar-refractivity contribution in [2.24, 2.45) is 0 Å². The highest BCUT2D eigenvalue weighted by atomic mass is 79.9. The van der Waals surface area contributed by atoms with Crippen molar-refractivity contribution in [3.05, 3.63) is 235 Å². The number of benzene rings is 1. The summed E-state index contributed by atoms with van der Waals surface area (Å²) in [6.45, 7) is 4.99. The molecule has 65 heteroatoms. The predicted octanol–water partition coefficient (Wildman–Crippen LogP) is -1.12. The van der Waals surface area contributed by atoms with Crippen molar-refractivity contribution in [3.63, 3.8) is 0 Å². The number of aryl methyl sites for hydroxylation is 3. The molecule has 7 aromatic heterocycles. The largest absolute Gasteiger partial charge is 0.776 e. The lowest BCUT2D eigenvalue weighted by Gasteiger charge is -2.35. The van der Waals surface area contributed by atoms with Crippen molar-refractivity contribution < 1.29 is 239 Å². The van der Waals surface area contributed by atoms with Crippen LogP contribution in [0.15, 0.2) is 213 Å². The lowest BCUT2D eigenvalue weighted by atomic mass is 10.1. The molecule has 0 bridgehead atoms. The molecular weight excluding hydrogens is 2140 g/mol. The van der Waals surface area contributed by atoms with Gasteiger partial charge in [0.05, 0.1) is 4.47 Å². The van der Waals surface area contributed by atoms with Crippen molar-refractivity contribution in [3.8, 4) is 11.1 Å². The first-order chi connectivity index (χ1) is 60.1. The zero-order valence-corrected chi connectivity index (χ0v) is 86.6. The van der Waals surface area contributed by atoms with E-state index >= 15 is 0 Å². The van der Waals surface area contributed by atoms with Gasteiger partial charge in [0.2, 0.25) is 57.8 Å². The molecule has 762 valence electrons. The summed E-state index contributed by atoms with van der Waals surface area (Å²) in [5, 5.41) is 47.4. The number of nitrogens with zero attached hydrogens (tertiary/aromatic N) is 7. The molecule has 0 saturated carbocycles. The van der Waals surface area contributed by atoms with E-state index in [0.29, 0.717) is 57.5 Å². The van der Waals surface area contributed by atoms with Crippen molar-refractivity contribution >= 4 is 121 Å². The summed E-state index contributed by atoms with van der Waals surface area (Å²) in [6, 6.07) is 33.0. The van der Waals surface area contributed by atoms with Gasteiger partial charge in [0, 0.05) is 117 Å². The topological polar surface area (TPSA) is 852 Å². The van der Waals surface area contributed by atoms with Crippen LogP contribution in [0.4, 0.5) is 4.39 Å². The number of aliphatic hydroxyl groups is 7. The van der Waals surface area contributed by atoms with Crippen molar-refractivity contribution in [1.82, 2.24) is 0 Å². The Hall–Kier alpha value is -4.22. The maximum atomic E-state index is 12.9. The number of hydrogen-bond acceptors (Lipinski definition) is 28. The van der Waals surface area contributed by atoms with Gasteiger partial charge in [-0.3, -0.25) is 32.0 Å². The fourth-order valence-electron chi connectivity index (χ4n) is 10.9. The van der Waals surface area contributed by atoms with Gasteiger partial charge in [0.15, 0.2) is 185 Å². The van der Waals surface area contributed by atoms with Gasteiger partial charge < -0.3 is 170 Å². The average molecular weight is 2260 g/mol. The van der Waals surface area contributed by atoms with Gasteiger partial charge in [-0.1, -0.05) is 64.1 Å². The van der Waals surface area contributed by atoms with Crippen LogP contribution in [0, 0.1) is 12.7 Å². The number of hydrogen-bond donors (Lipinski definition) is 21. The average Bonchev–Trinajstić information content (AvgIpc) is 0.811. The van der Waals surface area contributed by atoms with E-state index < -0.39 is 192 Å². The number of unbranched alkanes of at least 4 members (excludes halogenated alkanes) is 1. The molecule has 21 unspecified atom stereocenters. The Bertz CT molecular complexity index is 5640. The van der Waals surface area contributed by atoms with E-state index in [0.717, 1.165) is 63.9 Å². The monoisotopic (exact) mass is 2250 g/mol. The second-order valence-electron chi connectivity index (χ2n) is 30.6. The first-order valence-electron chi connectivity index (χ1n) is 37.7. The van der Waals surface area contributed by atoms with Crippen LogP contribution in [0.2, 0.25) is 0 Å². The van der Waals surface area contributed by atoms with Gasteiger partial charge in [-0.2, -0.15) is 9.13 Å². The molecule has 0 aliphatic heterocycles. The van der Waals surface area contributed by atoms with Crippen LogP contribution in [0.3, 0.4) is 0 Å². The van der Waals surface area contributed by atoms with Crippen LogP contribution < -0.4 is 66.2 Å². The maximum absolute atomic E-state index is 12.9. The summed E-state index contributed by atoms with van der Waals surface area (Å²) in [6.07, 6.45) is 22.9. The molecule has 0 fully saturated rings. The molecule has 0 aliphatic rings. The molecule has 21 atom stereocenters. The second kappa shape index (κ2) is 49.4. The second-order valence-corrected chi connectivity index (χ2v) is 63.9. The smallest absolute Gasteiger partial charge is 0.263 e. The SMILES string of the molecule is C.CCCCc1ccc[n+](CC(O)(P(C)(=O)O)P(=O)([O-])O)c1.CCc1ccc[n+](CC(O)(P(C)(=O)O)P(=O)([O-])O)c1.CP(=O)(O)C(O)(C[n+]1cccc(-c2ccccc2)c1)P(=O)([O-])O.CP(=O)(O)C(O)(C[n+]1cccc(Br)c1)P(=O)([O-])O.CP(=O)(O)C(O)(C[n+]1cccc(F)c1)P(=O)([O-])O.CP(=O)(O)C(O)(C[n+]1ccccc1)P(=O)([O-])O.Cc1ccc[n+](CC(O)(P(C)(=O)O)P(=O)([O-])O)c1. The maximum Gasteiger partial charge on any atom is 0.263 e. The summed E-state index contributed by atoms with van der Waals surface area (Å²) in [7, 11) is -69.7. The fraction of sp³-hybridized carbons (Fsp3) is 0.414. The first kappa shape index (κ1) is 129. The molecule has 0 spiro atoms. The first-order valence-corrected chi connectivity index (χ1v) is 64.3. The Morgan fingerprint density at radius 1 is 0.296 bits per heavy atom. The Balaban J connectivity index is 0.000000788. The zero-order chi connectivity index (χ0) is 104. The molecule has 0 amide bonds. The third kappa shape index (κ3) is 36.0. The van der Waals surface area contributed by atoms with Gasteiger partial charge in [0.1, 0.15) is 0 Å². The summed E-state index contributed by atoms with van der Waals surface area (Å²) >= 11 is 3.13. The van der Waals surface area contributed by atoms with Crippen LogP contribution in [-0.4, -0.2) is 186 Å². The molecule has 135 heavy (non-hydrogen) atoms.